The molecule has 0 saturated carbocycles. The molecule has 0 amide bonds. The summed E-state index contributed by atoms with van der Waals surface area (Å²) in [4.78, 5) is 2.30. The molecule has 0 atom stereocenters. The number of hydrogen-bond donors (Lipinski definition) is 0. The maximum Gasteiger partial charge on any atom is 0.123 e. The van der Waals surface area contributed by atoms with E-state index in [-0.39, 0.29) is 5.82 Å². The SMILES string of the molecule is Fc1ccc(CN2Cc3cc(Br)cc(Cl)c3C2)cc1. The average molecular weight is 341 g/mol. The van der Waals surface area contributed by atoms with Gasteiger partial charge in [-0.3, -0.25) is 4.90 Å². The van der Waals surface area contributed by atoms with E-state index in [9.17, 15) is 4.39 Å². The summed E-state index contributed by atoms with van der Waals surface area (Å²) >= 11 is 9.72. The third-order valence-electron chi connectivity index (χ3n) is 3.35. The lowest BCUT2D eigenvalue weighted by Crippen LogP contribution is -2.15. The molecule has 0 saturated heterocycles. The van der Waals surface area contributed by atoms with Gasteiger partial charge in [-0.25, -0.2) is 4.39 Å². The van der Waals surface area contributed by atoms with Crippen LogP contribution in [0.25, 0.3) is 0 Å². The van der Waals surface area contributed by atoms with E-state index in [1.807, 2.05) is 18.2 Å². The Balaban J connectivity index is 1.77. The minimum atomic E-state index is -0.194. The number of rotatable bonds is 2. The van der Waals surface area contributed by atoms with E-state index in [4.69, 9.17) is 11.6 Å². The van der Waals surface area contributed by atoms with Gasteiger partial charge in [0.2, 0.25) is 0 Å². The highest BCUT2D eigenvalue weighted by Gasteiger charge is 2.21. The summed E-state index contributed by atoms with van der Waals surface area (Å²) in [6.07, 6.45) is 0. The first kappa shape index (κ1) is 13.1. The molecule has 4 heteroatoms. The van der Waals surface area contributed by atoms with Crippen molar-refractivity contribution in [1.82, 2.24) is 4.90 Å². The smallest absolute Gasteiger partial charge is 0.123 e. The Bertz CT molecular complexity index is 612. The summed E-state index contributed by atoms with van der Waals surface area (Å²) in [5.41, 5.74) is 3.58. The van der Waals surface area contributed by atoms with Crippen LogP contribution in [0.4, 0.5) is 4.39 Å². The normalized spacial score (nSPS) is 14.7. The second-order valence-corrected chi connectivity index (χ2v) is 6.12. The Morgan fingerprint density at radius 2 is 1.89 bits per heavy atom. The van der Waals surface area contributed by atoms with Crippen molar-refractivity contribution < 1.29 is 4.39 Å². The second kappa shape index (κ2) is 5.23. The van der Waals surface area contributed by atoms with Gasteiger partial charge in [0.05, 0.1) is 0 Å². The standard InChI is InChI=1S/C15H12BrClFN/c16-12-5-11-8-19(9-14(11)15(17)6-12)7-10-1-3-13(18)4-2-10/h1-6H,7-9H2. The molecule has 1 heterocycles. The van der Waals surface area contributed by atoms with Crippen LogP contribution in [0.15, 0.2) is 40.9 Å². The van der Waals surface area contributed by atoms with E-state index in [0.717, 1.165) is 34.7 Å². The average Bonchev–Trinajstić information content (AvgIpc) is 2.75. The van der Waals surface area contributed by atoms with Gasteiger partial charge in [0.1, 0.15) is 5.82 Å². The van der Waals surface area contributed by atoms with Gasteiger partial charge in [0.25, 0.3) is 0 Å². The second-order valence-electron chi connectivity index (χ2n) is 4.80. The molecule has 2 aromatic rings. The molecule has 2 aromatic carbocycles. The van der Waals surface area contributed by atoms with Crippen molar-refractivity contribution in [2.24, 2.45) is 0 Å². The van der Waals surface area contributed by atoms with Crippen LogP contribution in [0.5, 0.6) is 0 Å². The molecule has 0 spiro atoms. The summed E-state index contributed by atoms with van der Waals surface area (Å²) in [6, 6.07) is 10.7. The van der Waals surface area contributed by atoms with Crippen LogP contribution in [-0.2, 0) is 19.6 Å². The van der Waals surface area contributed by atoms with Crippen LogP contribution in [-0.4, -0.2) is 4.90 Å². The number of halogens is 3. The Morgan fingerprint density at radius 1 is 1.16 bits per heavy atom. The summed E-state index contributed by atoms with van der Waals surface area (Å²) in [5, 5.41) is 0.811. The fraction of sp³-hybridized carbons (Fsp3) is 0.200. The zero-order valence-corrected chi connectivity index (χ0v) is 12.5. The van der Waals surface area contributed by atoms with Crippen LogP contribution in [0.3, 0.4) is 0 Å². The lowest BCUT2D eigenvalue weighted by molar-refractivity contribution is 0.275. The van der Waals surface area contributed by atoms with Crippen LogP contribution < -0.4 is 0 Å². The predicted molar refractivity (Wildman–Crippen MR) is 78.5 cm³/mol. The van der Waals surface area contributed by atoms with Gasteiger partial charge in [0, 0.05) is 29.1 Å². The lowest BCUT2D eigenvalue weighted by atomic mass is 10.1. The molecule has 0 N–H and O–H groups in total. The molecule has 98 valence electrons. The molecular formula is C15H12BrClFN. The van der Waals surface area contributed by atoms with Gasteiger partial charge in [-0.05, 0) is 41.0 Å². The van der Waals surface area contributed by atoms with Crippen LogP contribution in [0.2, 0.25) is 5.02 Å². The first-order valence-electron chi connectivity index (χ1n) is 6.05. The summed E-state index contributed by atoms with van der Waals surface area (Å²) in [5.74, 6) is -0.194. The highest BCUT2D eigenvalue weighted by atomic mass is 79.9. The molecule has 1 aliphatic heterocycles. The Morgan fingerprint density at radius 3 is 2.63 bits per heavy atom. The van der Waals surface area contributed by atoms with Crippen molar-refractivity contribution in [2.75, 3.05) is 0 Å². The molecule has 0 fully saturated rings. The molecule has 3 rings (SSSR count). The van der Waals surface area contributed by atoms with Crippen molar-refractivity contribution in [1.29, 1.82) is 0 Å². The van der Waals surface area contributed by atoms with E-state index < -0.39 is 0 Å². The van der Waals surface area contributed by atoms with Crippen molar-refractivity contribution in [3.8, 4) is 0 Å². The monoisotopic (exact) mass is 339 g/mol. The lowest BCUT2D eigenvalue weighted by Gasteiger charge is -2.14. The van der Waals surface area contributed by atoms with Crippen molar-refractivity contribution in [2.45, 2.75) is 19.6 Å². The number of benzene rings is 2. The highest BCUT2D eigenvalue weighted by molar-refractivity contribution is 9.10. The molecule has 19 heavy (non-hydrogen) atoms. The van der Waals surface area contributed by atoms with Gasteiger partial charge in [-0.2, -0.15) is 0 Å². The van der Waals surface area contributed by atoms with E-state index in [1.165, 1.54) is 23.3 Å². The zero-order valence-electron chi connectivity index (χ0n) is 10.2. The van der Waals surface area contributed by atoms with Crippen LogP contribution in [0.1, 0.15) is 16.7 Å². The first-order chi connectivity index (χ1) is 9.11. The third kappa shape index (κ3) is 2.83. The Kier molecular flexibility index (Phi) is 3.61. The van der Waals surface area contributed by atoms with E-state index in [2.05, 4.69) is 26.9 Å². The van der Waals surface area contributed by atoms with E-state index in [0.29, 0.717) is 0 Å². The molecule has 0 unspecified atom stereocenters. The van der Waals surface area contributed by atoms with Gasteiger partial charge < -0.3 is 0 Å². The van der Waals surface area contributed by atoms with Crippen LogP contribution >= 0.6 is 27.5 Å². The van der Waals surface area contributed by atoms with Gasteiger partial charge >= 0.3 is 0 Å². The Labute approximate surface area is 125 Å². The fourth-order valence-corrected chi connectivity index (χ4v) is 3.39. The topological polar surface area (TPSA) is 3.24 Å². The maximum absolute atomic E-state index is 12.9. The molecular weight excluding hydrogens is 329 g/mol. The largest absolute Gasteiger partial charge is 0.291 e. The molecule has 0 aliphatic carbocycles. The highest BCUT2D eigenvalue weighted by Crippen LogP contribution is 2.33. The number of nitrogens with zero attached hydrogens (tertiary/aromatic N) is 1. The third-order valence-corrected chi connectivity index (χ3v) is 4.14. The molecule has 0 bridgehead atoms. The van der Waals surface area contributed by atoms with Crippen molar-refractivity contribution in [3.05, 3.63) is 68.4 Å². The van der Waals surface area contributed by atoms with E-state index in [1.54, 1.807) is 0 Å². The minimum Gasteiger partial charge on any atom is -0.291 e. The van der Waals surface area contributed by atoms with Crippen molar-refractivity contribution >= 4 is 27.5 Å². The summed E-state index contributed by atoms with van der Waals surface area (Å²) < 4.78 is 13.9. The summed E-state index contributed by atoms with van der Waals surface area (Å²) in [6.45, 7) is 2.54. The first-order valence-corrected chi connectivity index (χ1v) is 7.22. The molecule has 0 aromatic heterocycles. The fourth-order valence-electron chi connectivity index (χ4n) is 2.46. The maximum atomic E-state index is 12.9. The quantitative estimate of drug-likeness (QED) is 0.762. The number of fused-ring (bicyclic) bond motifs is 1. The van der Waals surface area contributed by atoms with Crippen molar-refractivity contribution in [3.63, 3.8) is 0 Å². The molecule has 0 radical (unpaired) electrons. The Hall–Kier alpha value is -0.900. The van der Waals surface area contributed by atoms with E-state index >= 15 is 0 Å². The van der Waals surface area contributed by atoms with Crippen LogP contribution in [0, 0.1) is 5.82 Å². The number of hydrogen-bond acceptors (Lipinski definition) is 1. The minimum absolute atomic E-state index is 0.194. The van der Waals surface area contributed by atoms with Gasteiger partial charge in [-0.1, -0.05) is 39.7 Å². The van der Waals surface area contributed by atoms with Gasteiger partial charge in [0.15, 0.2) is 0 Å². The molecule has 1 nitrogen and oxygen atoms in total. The molecule has 1 aliphatic rings. The van der Waals surface area contributed by atoms with Gasteiger partial charge in [-0.15, -0.1) is 0 Å². The zero-order chi connectivity index (χ0) is 13.4. The summed E-state index contributed by atoms with van der Waals surface area (Å²) in [7, 11) is 0. The predicted octanol–water partition coefficient (Wildman–Crippen LogP) is 4.76.